The van der Waals surface area contributed by atoms with Gasteiger partial charge in [0.2, 0.25) is 15.9 Å². The second kappa shape index (κ2) is 12.4. The number of carbonyl (C=O) groups excluding carboxylic acids is 1. The van der Waals surface area contributed by atoms with Crippen molar-refractivity contribution in [1.82, 2.24) is 4.90 Å². The van der Waals surface area contributed by atoms with E-state index in [1.807, 2.05) is 18.2 Å². The maximum absolute atomic E-state index is 13.1. The molecular formula is C29H28FN3O5S2. The van der Waals surface area contributed by atoms with Crippen LogP contribution in [0, 0.1) is 5.82 Å². The fourth-order valence-electron chi connectivity index (χ4n) is 4.05. The molecule has 3 aromatic carbocycles. The second-order valence-corrected chi connectivity index (χ2v) is 12.3. The minimum atomic E-state index is -3.77. The van der Waals surface area contributed by atoms with Gasteiger partial charge in [-0.1, -0.05) is 30.3 Å². The van der Waals surface area contributed by atoms with Crippen LogP contribution in [0.4, 0.5) is 10.1 Å². The second-order valence-electron chi connectivity index (χ2n) is 9.07. The molecule has 4 rings (SSSR count). The minimum Gasteiger partial charge on any atom is -0.457 e. The van der Waals surface area contributed by atoms with Crippen molar-refractivity contribution in [1.29, 1.82) is 0 Å². The van der Waals surface area contributed by atoms with Crippen LogP contribution in [0.2, 0.25) is 0 Å². The van der Waals surface area contributed by atoms with Gasteiger partial charge in [-0.15, -0.1) is 0 Å². The Kier molecular flexibility index (Phi) is 8.96. The molecular weight excluding hydrogens is 553 g/mol. The number of sulfonamides is 1. The van der Waals surface area contributed by atoms with E-state index in [4.69, 9.17) is 4.74 Å². The number of nitrogens with zero attached hydrogens (tertiary/aromatic N) is 3. The average Bonchev–Trinajstić information content (AvgIpc) is 2.95. The van der Waals surface area contributed by atoms with Crippen LogP contribution in [0.25, 0.3) is 0 Å². The third kappa shape index (κ3) is 7.51. The van der Waals surface area contributed by atoms with Crippen molar-refractivity contribution in [3.8, 4) is 11.5 Å². The number of carbonyl (C=O) groups is 1. The minimum absolute atomic E-state index is 0.211. The number of halogens is 1. The molecule has 0 aliphatic carbocycles. The first-order valence-corrected chi connectivity index (χ1v) is 15.5. The molecule has 1 unspecified atom stereocenters. The lowest BCUT2D eigenvalue weighted by Crippen LogP contribution is -2.31. The quantitative estimate of drug-likeness (QED) is 0.374. The number of benzene rings is 3. The molecule has 1 amide bonds. The molecule has 0 spiro atoms. The largest absolute Gasteiger partial charge is 0.457 e. The van der Waals surface area contributed by atoms with Crippen molar-refractivity contribution in [3.63, 3.8) is 0 Å². The van der Waals surface area contributed by atoms with Crippen LogP contribution in [0.15, 0.2) is 102 Å². The van der Waals surface area contributed by atoms with E-state index in [1.165, 1.54) is 24.5 Å². The van der Waals surface area contributed by atoms with Gasteiger partial charge in [-0.2, -0.15) is 3.71 Å². The number of allylic oxidation sites excluding steroid dienone is 2. The molecule has 0 radical (unpaired) electrons. The summed E-state index contributed by atoms with van der Waals surface area (Å²) in [6.45, 7) is 2.37. The third-order valence-corrected chi connectivity index (χ3v) is 8.71. The molecule has 0 aromatic heterocycles. The summed E-state index contributed by atoms with van der Waals surface area (Å²) < 4.78 is 56.3. The lowest BCUT2D eigenvalue weighted by molar-refractivity contribution is -0.126. The van der Waals surface area contributed by atoms with E-state index in [0.717, 1.165) is 15.5 Å². The molecule has 1 atom stereocenters. The van der Waals surface area contributed by atoms with Crippen molar-refractivity contribution < 1.29 is 26.5 Å². The fourth-order valence-corrected chi connectivity index (χ4v) is 6.48. The maximum atomic E-state index is 13.1. The van der Waals surface area contributed by atoms with Gasteiger partial charge in [0.1, 0.15) is 28.3 Å². The van der Waals surface area contributed by atoms with Crippen LogP contribution in [0.3, 0.4) is 0 Å². The first-order valence-electron chi connectivity index (χ1n) is 12.2. The van der Waals surface area contributed by atoms with Gasteiger partial charge in [0.25, 0.3) is 0 Å². The average molecular weight is 582 g/mol. The number of hydrogen-bond donors (Lipinski definition) is 0. The highest BCUT2D eigenvalue weighted by molar-refractivity contribution is 8.06. The van der Waals surface area contributed by atoms with Crippen molar-refractivity contribution in [2.75, 3.05) is 22.8 Å². The van der Waals surface area contributed by atoms with Crippen molar-refractivity contribution in [2.45, 2.75) is 13.5 Å². The van der Waals surface area contributed by atoms with Gasteiger partial charge < -0.3 is 9.64 Å². The summed E-state index contributed by atoms with van der Waals surface area (Å²) in [5, 5.41) is 0. The zero-order chi connectivity index (χ0) is 28.9. The molecule has 0 N–H and O–H groups in total. The van der Waals surface area contributed by atoms with E-state index in [2.05, 4.69) is 4.99 Å². The van der Waals surface area contributed by atoms with Crippen LogP contribution >= 0.6 is 0 Å². The summed E-state index contributed by atoms with van der Waals surface area (Å²) in [4.78, 5) is 19.3. The van der Waals surface area contributed by atoms with Gasteiger partial charge in [0.15, 0.2) is 0 Å². The van der Waals surface area contributed by atoms with Gasteiger partial charge in [0, 0.05) is 36.7 Å². The predicted molar refractivity (Wildman–Crippen MR) is 156 cm³/mol. The van der Waals surface area contributed by atoms with Crippen molar-refractivity contribution in [3.05, 3.63) is 114 Å². The molecule has 8 nitrogen and oxygen atoms in total. The highest BCUT2D eigenvalue weighted by Crippen LogP contribution is 2.24. The van der Waals surface area contributed by atoms with Crippen LogP contribution in [0.1, 0.15) is 18.1 Å². The zero-order valence-corrected chi connectivity index (χ0v) is 23.8. The zero-order valence-electron chi connectivity index (χ0n) is 22.2. The lowest BCUT2D eigenvalue weighted by atomic mass is 10.1. The third-order valence-electron chi connectivity index (χ3n) is 5.78. The molecule has 0 fully saturated rings. The molecule has 1 aliphatic heterocycles. The number of aliphatic imine (C=N–C) groups is 1. The van der Waals surface area contributed by atoms with E-state index in [1.54, 1.807) is 66.4 Å². The highest BCUT2D eigenvalue weighted by Gasteiger charge is 2.22. The summed E-state index contributed by atoms with van der Waals surface area (Å²) in [5.74, 6) is 0.553. The van der Waals surface area contributed by atoms with Gasteiger partial charge in [-0.3, -0.25) is 9.79 Å². The van der Waals surface area contributed by atoms with Gasteiger partial charge >= 0.3 is 0 Å². The van der Waals surface area contributed by atoms with E-state index >= 15 is 0 Å². The number of amides is 1. The Bertz CT molecular complexity index is 1620. The van der Waals surface area contributed by atoms with Crippen LogP contribution in [-0.2, 0) is 32.3 Å². The first-order chi connectivity index (χ1) is 19.0. The molecule has 3 aromatic rings. The molecule has 208 valence electrons. The van der Waals surface area contributed by atoms with Crippen molar-refractivity contribution in [2.24, 2.45) is 4.99 Å². The standard InChI is InChI=1S/C29H28FN3O5S2/c1-21-18-29(34)32(20-22-9-13-26(14-10-22)38-27-15-11-24(30)12-16-27)17-5-8-28(31-21)23-6-4-7-25(19-23)33(39(2)35)40(3,36)37/h4-16,18-19H,17,20H2,1-3H3/b8-5+,21-18+,31-28+. The number of ether oxygens (including phenoxy) is 1. The summed E-state index contributed by atoms with van der Waals surface area (Å²) in [6, 6.07) is 19.6. The summed E-state index contributed by atoms with van der Waals surface area (Å²) in [5.41, 5.74) is 2.76. The molecule has 1 heterocycles. The Morgan fingerprint density at radius 3 is 2.33 bits per heavy atom. The molecule has 11 heteroatoms. The molecule has 0 saturated heterocycles. The Morgan fingerprint density at radius 1 is 1.05 bits per heavy atom. The smallest absolute Gasteiger partial charge is 0.248 e. The highest BCUT2D eigenvalue weighted by atomic mass is 32.3. The Morgan fingerprint density at radius 2 is 1.70 bits per heavy atom. The summed E-state index contributed by atoms with van der Waals surface area (Å²) in [6.07, 6.45) is 7.33. The van der Waals surface area contributed by atoms with E-state index in [-0.39, 0.29) is 17.4 Å². The Hall–Kier alpha value is -4.09. The van der Waals surface area contributed by atoms with Crippen LogP contribution in [-0.4, -0.2) is 48.2 Å². The number of hydrogen-bond acceptors (Lipinski definition) is 6. The Labute approximate surface area is 235 Å². The fraction of sp³-hybridized carbons (Fsp3) is 0.172. The van der Waals surface area contributed by atoms with Gasteiger partial charge in [-0.25, -0.2) is 17.0 Å². The van der Waals surface area contributed by atoms with Crippen LogP contribution < -0.4 is 8.45 Å². The lowest BCUT2D eigenvalue weighted by Gasteiger charge is -2.20. The van der Waals surface area contributed by atoms with Gasteiger partial charge in [-0.05, 0) is 67.1 Å². The Balaban J connectivity index is 1.51. The molecule has 40 heavy (non-hydrogen) atoms. The molecule has 0 bridgehead atoms. The topological polar surface area (TPSA) is 96.4 Å². The van der Waals surface area contributed by atoms with E-state index < -0.39 is 21.0 Å². The molecule has 0 saturated carbocycles. The first kappa shape index (κ1) is 28.9. The maximum Gasteiger partial charge on any atom is 0.248 e. The van der Waals surface area contributed by atoms with Crippen molar-refractivity contribution >= 4 is 38.3 Å². The van der Waals surface area contributed by atoms with Crippen LogP contribution in [0.5, 0.6) is 11.5 Å². The SMILES string of the molecule is CC1=C\C(=O)N(Cc2ccc(Oc3ccc(F)cc3)cc2)C/C=C/C(c2cccc(N(S(C)=O)S(C)(=O)=O)c2)=N\1. The monoisotopic (exact) mass is 581 g/mol. The van der Waals surface area contributed by atoms with E-state index in [9.17, 15) is 21.8 Å². The van der Waals surface area contributed by atoms with Gasteiger partial charge in [0.05, 0.1) is 17.7 Å². The number of anilines is 1. The summed E-state index contributed by atoms with van der Waals surface area (Å²) in [7, 11) is -5.56. The number of rotatable bonds is 8. The predicted octanol–water partition coefficient (Wildman–Crippen LogP) is 4.97. The van der Waals surface area contributed by atoms with E-state index in [0.29, 0.717) is 41.6 Å². The normalized spacial score (nSPS) is 18.3. The molecule has 1 aliphatic rings. The summed E-state index contributed by atoms with van der Waals surface area (Å²) >= 11 is 0.